The highest BCUT2D eigenvalue weighted by Crippen LogP contribution is 2.75. The third-order valence-corrected chi connectivity index (χ3v) is 10.2. The number of hydrogen-bond donors (Lipinski definition) is 0. The largest absolute Gasteiger partial charge is 0.393 e. The van der Waals surface area contributed by atoms with E-state index in [1.807, 2.05) is 0 Å². The Kier molecular flexibility index (Phi) is 2.57. The zero-order valence-corrected chi connectivity index (χ0v) is 15.5. The Hall–Kier alpha value is -1.85. The lowest BCUT2D eigenvalue weighted by atomic mass is 9.58. The summed E-state index contributed by atoms with van der Waals surface area (Å²) in [7, 11) is 0. The zero-order valence-electron chi connectivity index (χ0n) is 15.5. The Labute approximate surface area is 161 Å². The zero-order chi connectivity index (χ0) is 19.2. The van der Waals surface area contributed by atoms with Crippen LogP contribution in [-0.4, -0.2) is 29.3 Å². The van der Waals surface area contributed by atoms with Crippen molar-refractivity contribution in [1.82, 2.24) is 0 Å². The molecule has 0 aromatic carbocycles. The molecule has 0 radical (unpaired) electrons. The lowest BCUT2D eigenvalue weighted by Gasteiger charge is -2.42. The smallest absolute Gasteiger partial charge is 0.317 e. The van der Waals surface area contributed by atoms with Gasteiger partial charge in [-0.05, 0) is 62.2 Å². The highest BCUT2D eigenvalue weighted by atomic mass is 16.6. The number of rotatable bonds is 0. The molecule has 146 valence electrons. The summed E-state index contributed by atoms with van der Waals surface area (Å²) in [4.78, 5) is 63.3. The molecule has 0 amide bonds. The summed E-state index contributed by atoms with van der Waals surface area (Å²) in [6.07, 6.45) is 4.64. The molecule has 0 aromatic heterocycles. The van der Waals surface area contributed by atoms with Crippen LogP contribution < -0.4 is 0 Å². The van der Waals surface area contributed by atoms with Crippen LogP contribution in [0.3, 0.4) is 0 Å². The van der Waals surface area contributed by atoms with Crippen molar-refractivity contribution >= 4 is 29.3 Å². The molecule has 10 atom stereocenters. The Morgan fingerprint density at radius 2 is 1.21 bits per heavy atom. The first kappa shape index (κ1) is 16.0. The number of hydrogen-bond acceptors (Lipinski definition) is 6. The van der Waals surface area contributed by atoms with Gasteiger partial charge in [-0.3, -0.25) is 24.0 Å². The van der Waals surface area contributed by atoms with Gasteiger partial charge < -0.3 is 4.74 Å². The van der Waals surface area contributed by atoms with Gasteiger partial charge in [-0.25, -0.2) is 0 Å². The molecule has 4 bridgehead atoms. The van der Waals surface area contributed by atoms with Gasteiger partial charge in [0.25, 0.3) is 0 Å². The summed E-state index contributed by atoms with van der Waals surface area (Å²) in [6, 6.07) is 0. The lowest BCUT2D eigenvalue weighted by Crippen LogP contribution is -2.48. The van der Waals surface area contributed by atoms with E-state index in [2.05, 4.69) is 0 Å². The van der Waals surface area contributed by atoms with Crippen molar-refractivity contribution in [3.63, 3.8) is 0 Å². The molecule has 6 heteroatoms. The normalized spacial score (nSPS) is 57.9. The number of ether oxygens (including phenoxy) is 1. The summed E-state index contributed by atoms with van der Waals surface area (Å²) < 4.78 is 4.92. The third-order valence-electron chi connectivity index (χ3n) is 10.2. The molecular formula is C22H22O6. The van der Waals surface area contributed by atoms with E-state index in [1.165, 1.54) is 0 Å². The minimum Gasteiger partial charge on any atom is -0.393 e. The molecule has 0 aromatic rings. The Bertz CT molecular complexity index is 848. The molecule has 1 saturated heterocycles. The highest BCUT2D eigenvalue weighted by molar-refractivity contribution is 6.10. The van der Waals surface area contributed by atoms with Gasteiger partial charge in [-0.15, -0.1) is 0 Å². The van der Waals surface area contributed by atoms with Crippen LogP contribution in [0.1, 0.15) is 44.9 Å². The molecule has 1 aliphatic heterocycles. The van der Waals surface area contributed by atoms with Crippen LogP contribution in [0.2, 0.25) is 0 Å². The van der Waals surface area contributed by atoms with E-state index in [4.69, 9.17) is 4.74 Å². The van der Waals surface area contributed by atoms with E-state index in [0.717, 1.165) is 32.1 Å². The van der Waals surface area contributed by atoms with Gasteiger partial charge in [-0.1, -0.05) is 0 Å². The maximum Gasteiger partial charge on any atom is 0.317 e. The lowest BCUT2D eigenvalue weighted by molar-refractivity contribution is -0.155. The standard InChI is InChI=1S/C22H22O6/c23-12-5-13(24)16-10-3-8(14(12)16)6-21(10)1-2-22(20(21)27)7-9-4-11(22)17-15(9)18(25)28-19(17)26/h8-11,14-17H,1-7H2. The first-order chi connectivity index (χ1) is 13.4. The molecule has 7 aliphatic rings. The van der Waals surface area contributed by atoms with Gasteiger partial charge in [0.2, 0.25) is 0 Å². The van der Waals surface area contributed by atoms with E-state index in [9.17, 15) is 24.0 Å². The number of ketones is 3. The molecule has 0 N–H and O–H groups in total. The first-order valence-electron chi connectivity index (χ1n) is 10.7. The summed E-state index contributed by atoms with van der Waals surface area (Å²) in [5.74, 6) is -1.39. The number of cyclic esters (lactones) is 2. The first-order valence-corrected chi connectivity index (χ1v) is 10.7. The highest BCUT2D eigenvalue weighted by Gasteiger charge is 2.77. The van der Waals surface area contributed by atoms with Crippen molar-refractivity contribution in [3.8, 4) is 0 Å². The summed E-state index contributed by atoms with van der Waals surface area (Å²) in [5, 5.41) is 0. The molecule has 6 aliphatic carbocycles. The van der Waals surface area contributed by atoms with Crippen molar-refractivity contribution in [2.75, 3.05) is 0 Å². The van der Waals surface area contributed by atoms with E-state index in [0.29, 0.717) is 6.42 Å². The third kappa shape index (κ3) is 1.43. The minimum absolute atomic E-state index is 0.0143. The van der Waals surface area contributed by atoms with Crippen molar-refractivity contribution in [2.45, 2.75) is 44.9 Å². The number of esters is 2. The van der Waals surface area contributed by atoms with Crippen LogP contribution in [0.5, 0.6) is 0 Å². The molecule has 28 heavy (non-hydrogen) atoms. The molecular weight excluding hydrogens is 360 g/mol. The van der Waals surface area contributed by atoms with Gasteiger partial charge in [0, 0.05) is 22.7 Å². The Morgan fingerprint density at radius 3 is 1.89 bits per heavy atom. The molecule has 6 saturated carbocycles. The minimum atomic E-state index is -0.513. The number of carbonyl (C=O) groups is 5. The van der Waals surface area contributed by atoms with Gasteiger partial charge >= 0.3 is 11.9 Å². The molecule has 2 spiro atoms. The number of carbonyl (C=O) groups excluding carboxylic acids is 5. The van der Waals surface area contributed by atoms with Crippen molar-refractivity contribution in [1.29, 1.82) is 0 Å². The van der Waals surface area contributed by atoms with Gasteiger partial charge in [0.15, 0.2) is 0 Å². The van der Waals surface area contributed by atoms with E-state index in [-0.39, 0.29) is 65.2 Å². The maximum atomic E-state index is 14.1. The summed E-state index contributed by atoms with van der Waals surface area (Å²) in [5.41, 5.74) is -0.986. The average Bonchev–Trinajstić information content (AvgIpc) is 3.46. The summed E-state index contributed by atoms with van der Waals surface area (Å²) in [6.45, 7) is 0. The topological polar surface area (TPSA) is 94.6 Å². The second-order valence-corrected chi connectivity index (χ2v) is 10.7. The van der Waals surface area contributed by atoms with Crippen LogP contribution in [0.4, 0.5) is 0 Å². The molecule has 7 fully saturated rings. The van der Waals surface area contributed by atoms with Crippen LogP contribution in [0, 0.1) is 58.2 Å². The quantitative estimate of drug-likeness (QED) is 0.465. The van der Waals surface area contributed by atoms with Gasteiger partial charge in [0.05, 0.1) is 18.3 Å². The molecule has 7 rings (SSSR count). The second-order valence-electron chi connectivity index (χ2n) is 10.7. The van der Waals surface area contributed by atoms with E-state index >= 15 is 0 Å². The fourth-order valence-electron chi connectivity index (χ4n) is 9.57. The Morgan fingerprint density at radius 1 is 0.679 bits per heavy atom. The SMILES string of the molecule is O=C1CC(=O)C2C1C1CC2C2(CCC3(CC4CC3C3C(=O)OC(=O)C43)C2=O)C1. The second kappa shape index (κ2) is 4.49. The summed E-state index contributed by atoms with van der Waals surface area (Å²) >= 11 is 0. The fourth-order valence-corrected chi connectivity index (χ4v) is 9.57. The van der Waals surface area contributed by atoms with Crippen molar-refractivity contribution in [2.24, 2.45) is 58.2 Å². The van der Waals surface area contributed by atoms with Crippen LogP contribution in [0.25, 0.3) is 0 Å². The van der Waals surface area contributed by atoms with Crippen molar-refractivity contribution < 1.29 is 28.7 Å². The van der Waals surface area contributed by atoms with Crippen molar-refractivity contribution in [3.05, 3.63) is 0 Å². The monoisotopic (exact) mass is 382 g/mol. The molecule has 10 unspecified atom stereocenters. The van der Waals surface area contributed by atoms with E-state index < -0.39 is 28.7 Å². The van der Waals surface area contributed by atoms with Crippen LogP contribution in [-0.2, 0) is 28.7 Å². The Balaban J connectivity index is 1.27. The van der Waals surface area contributed by atoms with Gasteiger partial charge in [-0.2, -0.15) is 0 Å². The maximum absolute atomic E-state index is 14.1. The fraction of sp³-hybridized carbons (Fsp3) is 0.773. The van der Waals surface area contributed by atoms with Crippen LogP contribution >= 0.6 is 0 Å². The molecule has 6 nitrogen and oxygen atoms in total. The number of fused-ring (bicyclic) bond motifs is 12. The van der Waals surface area contributed by atoms with Gasteiger partial charge in [0.1, 0.15) is 17.3 Å². The predicted octanol–water partition coefficient (Wildman–Crippen LogP) is 1.49. The molecule has 1 heterocycles. The number of Topliss-reactive ketones (excluding diaryl/α,β-unsaturated/α-hetero) is 3. The average molecular weight is 382 g/mol. The van der Waals surface area contributed by atoms with E-state index in [1.54, 1.807) is 0 Å². The van der Waals surface area contributed by atoms with Crippen LogP contribution in [0.15, 0.2) is 0 Å². The predicted molar refractivity (Wildman–Crippen MR) is 91.2 cm³/mol.